The Labute approximate surface area is 132 Å². The summed E-state index contributed by atoms with van der Waals surface area (Å²) < 4.78 is 67.6. The van der Waals surface area contributed by atoms with Crippen LogP contribution >= 0.6 is 0 Å². The average Bonchev–Trinajstić information content (AvgIpc) is 2.38. The monoisotopic (exact) mass is 360 g/mol. The predicted octanol–water partition coefficient (Wildman–Crippen LogP) is 2.96. The topological polar surface area (TPSA) is 101 Å². The minimum absolute atomic E-state index is 0.0847. The Bertz CT molecular complexity index is 585. The van der Waals surface area contributed by atoms with Gasteiger partial charge in [-0.15, -0.1) is 0 Å². The fourth-order valence-corrected chi connectivity index (χ4v) is 0.966. The van der Waals surface area contributed by atoms with E-state index in [2.05, 4.69) is 4.74 Å². The van der Waals surface area contributed by atoms with Crippen LogP contribution in [0.3, 0.4) is 0 Å². The Hall–Kier alpha value is -2.72. The summed E-state index contributed by atoms with van der Waals surface area (Å²) in [6.07, 6.45) is -2.69. The molecule has 0 amide bonds. The molecule has 11 heteroatoms. The largest absolute Gasteiger partial charge is 0.481 e. The summed E-state index contributed by atoms with van der Waals surface area (Å²) in [5.74, 6) is -10.7. The second-order valence-corrected chi connectivity index (χ2v) is 3.85. The number of ether oxygens (including phenoxy) is 1. The quantitative estimate of drug-likeness (QED) is 0.364. The highest BCUT2D eigenvalue weighted by molar-refractivity contribution is 5.66. The molecule has 136 valence electrons. The summed E-state index contributed by atoms with van der Waals surface area (Å²) in [5, 5.41) is 14.8. The Morgan fingerprint density at radius 3 is 1.62 bits per heavy atom. The smallest absolute Gasteiger partial charge is 0.305 e. The van der Waals surface area contributed by atoms with Crippen LogP contribution in [-0.4, -0.2) is 28.1 Å². The first kappa shape index (κ1) is 23.5. The summed E-state index contributed by atoms with van der Waals surface area (Å²) in [5.41, 5.74) is -1.22. The molecule has 1 atom stereocenters. The van der Waals surface area contributed by atoms with E-state index in [9.17, 15) is 26.7 Å². The molecule has 1 aromatic carbocycles. The average molecular weight is 360 g/mol. The van der Waals surface area contributed by atoms with E-state index >= 15 is 0 Å². The summed E-state index contributed by atoms with van der Waals surface area (Å²) in [6.45, 7) is 2.99. The molecule has 6 nitrogen and oxygen atoms in total. The molecule has 0 aliphatic carbocycles. The Balaban J connectivity index is 0. The second-order valence-electron chi connectivity index (χ2n) is 3.85. The third kappa shape index (κ3) is 10.1. The van der Waals surface area contributed by atoms with Crippen LogP contribution in [-0.2, 0) is 19.1 Å². The molecule has 24 heavy (non-hydrogen) atoms. The molecule has 1 aromatic rings. The van der Waals surface area contributed by atoms with Crippen LogP contribution in [0.2, 0.25) is 0 Å². The first-order valence-electron chi connectivity index (χ1n) is 5.84. The van der Waals surface area contributed by atoms with Crippen LogP contribution in [0.15, 0.2) is 6.07 Å². The zero-order valence-corrected chi connectivity index (χ0v) is 12.6. The molecule has 0 heterocycles. The molecule has 1 unspecified atom stereocenters. The Morgan fingerprint density at radius 1 is 0.917 bits per heavy atom. The molecule has 0 fully saturated rings. The number of rotatable bonds is 2. The molecule has 0 aliphatic heterocycles. The first-order chi connectivity index (χ1) is 10.8. The molecule has 0 aromatic heterocycles. The number of carbonyl (C=O) groups is 3. The number of carbonyl (C=O) groups excluding carboxylic acids is 1. The van der Waals surface area contributed by atoms with Crippen molar-refractivity contribution in [3.63, 3.8) is 0 Å². The highest BCUT2D eigenvalue weighted by Crippen LogP contribution is 2.26. The van der Waals surface area contributed by atoms with E-state index in [1.807, 2.05) is 0 Å². The SMILES string of the molecule is CC(=O)O.CC(=O)O.CC(=O)OC(F)c1cc(F)c(F)c(F)c1F. The number of esters is 1. The lowest BCUT2D eigenvalue weighted by Crippen LogP contribution is -2.09. The van der Waals surface area contributed by atoms with Gasteiger partial charge in [-0.1, -0.05) is 0 Å². The predicted molar refractivity (Wildman–Crippen MR) is 68.5 cm³/mol. The van der Waals surface area contributed by atoms with Crippen molar-refractivity contribution in [1.29, 1.82) is 0 Å². The van der Waals surface area contributed by atoms with Gasteiger partial charge in [0.1, 0.15) is 0 Å². The fourth-order valence-electron chi connectivity index (χ4n) is 0.966. The van der Waals surface area contributed by atoms with E-state index in [0.29, 0.717) is 0 Å². The van der Waals surface area contributed by atoms with Crippen molar-refractivity contribution < 1.29 is 51.3 Å². The third-order valence-electron chi connectivity index (χ3n) is 1.64. The summed E-state index contributed by atoms with van der Waals surface area (Å²) in [6, 6.07) is 0.0847. The van der Waals surface area contributed by atoms with Crippen molar-refractivity contribution in [1.82, 2.24) is 0 Å². The fraction of sp³-hybridized carbons (Fsp3) is 0.308. The van der Waals surface area contributed by atoms with Gasteiger partial charge in [0.25, 0.3) is 18.3 Å². The maximum absolute atomic E-state index is 13.0. The van der Waals surface area contributed by atoms with Gasteiger partial charge in [-0.05, 0) is 6.07 Å². The maximum atomic E-state index is 13.0. The number of carboxylic acid groups (broad SMARTS) is 2. The van der Waals surface area contributed by atoms with Crippen LogP contribution in [0.25, 0.3) is 0 Å². The Morgan fingerprint density at radius 2 is 1.29 bits per heavy atom. The second kappa shape index (κ2) is 10.9. The van der Waals surface area contributed by atoms with Gasteiger partial charge in [0.2, 0.25) is 0 Å². The molecule has 0 saturated carbocycles. The van der Waals surface area contributed by atoms with Gasteiger partial charge in [-0.2, -0.15) is 4.39 Å². The minimum atomic E-state index is -2.69. The lowest BCUT2D eigenvalue weighted by molar-refractivity contribution is -0.156. The van der Waals surface area contributed by atoms with Crippen molar-refractivity contribution >= 4 is 17.9 Å². The molecular formula is C13H13F5O6. The van der Waals surface area contributed by atoms with Gasteiger partial charge in [0.15, 0.2) is 23.3 Å². The number of halogens is 5. The first-order valence-corrected chi connectivity index (χ1v) is 5.84. The van der Waals surface area contributed by atoms with Gasteiger partial charge in [0.05, 0.1) is 5.56 Å². The van der Waals surface area contributed by atoms with Gasteiger partial charge in [-0.3, -0.25) is 14.4 Å². The van der Waals surface area contributed by atoms with Crippen LogP contribution < -0.4 is 0 Å². The molecule has 1 rings (SSSR count). The number of hydrogen-bond acceptors (Lipinski definition) is 4. The molecule has 0 spiro atoms. The summed E-state index contributed by atoms with van der Waals surface area (Å²) >= 11 is 0. The van der Waals surface area contributed by atoms with Crippen LogP contribution in [0.4, 0.5) is 22.0 Å². The normalized spacial score (nSPS) is 10.3. The molecule has 0 radical (unpaired) electrons. The van der Waals surface area contributed by atoms with E-state index in [1.165, 1.54) is 0 Å². The molecule has 0 aliphatic rings. The van der Waals surface area contributed by atoms with Crippen molar-refractivity contribution in [2.24, 2.45) is 0 Å². The maximum Gasteiger partial charge on any atom is 0.305 e. The lowest BCUT2D eigenvalue weighted by Gasteiger charge is -2.10. The number of carboxylic acids is 2. The van der Waals surface area contributed by atoms with Crippen molar-refractivity contribution in [3.8, 4) is 0 Å². The molecule has 2 N–H and O–H groups in total. The van der Waals surface area contributed by atoms with Gasteiger partial charge in [0, 0.05) is 20.8 Å². The summed E-state index contributed by atoms with van der Waals surface area (Å²) in [4.78, 5) is 28.3. The minimum Gasteiger partial charge on any atom is -0.481 e. The van der Waals surface area contributed by atoms with E-state index < -0.39 is 53.1 Å². The number of alkyl halides is 1. The summed E-state index contributed by atoms with van der Waals surface area (Å²) in [7, 11) is 0. The van der Waals surface area contributed by atoms with E-state index in [4.69, 9.17) is 19.8 Å². The van der Waals surface area contributed by atoms with Crippen LogP contribution in [0, 0.1) is 23.3 Å². The highest BCUT2D eigenvalue weighted by atomic mass is 19.2. The van der Waals surface area contributed by atoms with Crippen molar-refractivity contribution in [3.05, 3.63) is 34.9 Å². The number of benzene rings is 1. The van der Waals surface area contributed by atoms with E-state index in [0.717, 1.165) is 20.8 Å². The lowest BCUT2D eigenvalue weighted by atomic mass is 10.2. The van der Waals surface area contributed by atoms with Crippen LogP contribution in [0.5, 0.6) is 0 Å². The zero-order valence-electron chi connectivity index (χ0n) is 12.6. The highest BCUT2D eigenvalue weighted by Gasteiger charge is 2.25. The van der Waals surface area contributed by atoms with E-state index in [1.54, 1.807) is 0 Å². The van der Waals surface area contributed by atoms with Gasteiger partial charge in [-0.25, -0.2) is 17.6 Å². The molecule has 0 saturated heterocycles. The standard InChI is InChI=1S/C9H5F5O2.2C2H4O2/c1-3(15)16-9(14)4-2-5(10)7(12)8(13)6(4)11;2*1-2(3)4/h2,9H,1H3;2*1H3,(H,3,4). The van der Waals surface area contributed by atoms with E-state index in [-0.39, 0.29) is 6.07 Å². The molecular weight excluding hydrogens is 347 g/mol. The van der Waals surface area contributed by atoms with Crippen LogP contribution in [0.1, 0.15) is 32.7 Å². The van der Waals surface area contributed by atoms with Gasteiger partial charge < -0.3 is 14.9 Å². The van der Waals surface area contributed by atoms with Crippen molar-refractivity contribution in [2.45, 2.75) is 27.1 Å². The van der Waals surface area contributed by atoms with Gasteiger partial charge >= 0.3 is 5.97 Å². The Kier molecular flexibility index (Phi) is 10.7. The molecule has 0 bridgehead atoms. The van der Waals surface area contributed by atoms with Crippen molar-refractivity contribution in [2.75, 3.05) is 0 Å². The zero-order chi connectivity index (χ0) is 19.6. The number of aliphatic carboxylic acids is 2. The number of hydrogen-bond donors (Lipinski definition) is 2. The third-order valence-corrected chi connectivity index (χ3v) is 1.64.